The van der Waals surface area contributed by atoms with Gasteiger partial charge in [0.25, 0.3) is 5.56 Å². The molecule has 0 unspecified atom stereocenters. The van der Waals surface area contributed by atoms with Crippen molar-refractivity contribution in [1.29, 1.82) is 0 Å². The minimum atomic E-state index is -0.115. The lowest BCUT2D eigenvalue weighted by molar-refractivity contribution is 0.133. The fourth-order valence-electron chi connectivity index (χ4n) is 0.825. The Bertz CT molecular complexity index is 306. The molecule has 0 aliphatic carbocycles. The number of aromatic amines is 1. The van der Waals surface area contributed by atoms with E-state index in [0.717, 1.165) is 0 Å². The number of rotatable bonds is 3. The van der Waals surface area contributed by atoms with Gasteiger partial charge in [0, 0.05) is 12.8 Å². The van der Waals surface area contributed by atoms with Crippen LogP contribution in [0.15, 0.2) is 11.0 Å². The van der Waals surface area contributed by atoms with Crippen LogP contribution >= 0.6 is 0 Å². The molecule has 12 heavy (non-hydrogen) atoms. The zero-order valence-corrected chi connectivity index (χ0v) is 7.26. The van der Waals surface area contributed by atoms with E-state index >= 15 is 0 Å². The third-order valence-electron chi connectivity index (χ3n) is 1.46. The molecule has 1 aromatic rings. The summed E-state index contributed by atoms with van der Waals surface area (Å²) in [6.07, 6.45) is 1.55. The van der Waals surface area contributed by atoms with Crippen molar-refractivity contribution in [1.82, 2.24) is 9.97 Å². The number of ether oxygens (including phenoxy) is 1. The molecule has 1 N–H and O–H groups in total. The lowest BCUT2D eigenvalue weighted by atomic mass is 10.3. The zero-order valence-electron chi connectivity index (χ0n) is 7.26. The molecule has 0 aromatic carbocycles. The molecule has 4 heteroatoms. The summed E-state index contributed by atoms with van der Waals surface area (Å²) in [5, 5.41) is 0. The van der Waals surface area contributed by atoms with Gasteiger partial charge >= 0.3 is 0 Å². The molecule has 0 radical (unpaired) electrons. The summed E-state index contributed by atoms with van der Waals surface area (Å²) in [5.41, 5.74) is 0.457. The van der Waals surface area contributed by atoms with Crippen molar-refractivity contribution in [2.45, 2.75) is 20.5 Å². The van der Waals surface area contributed by atoms with Crippen LogP contribution in [0.5, 0.6) is 0 Å². The summed E-state index contributed by atoms with van der Waals surface area (Å²) in [7, 11) is 0. The predicted octanol–water partition coefficient (Wildman–Crippen LogP) is 0.615. The van der Waals surface area contributed by atoms with E-state index in [2.05, 4.69) is 9.97 Å². The number of nitrogens with zero attached hydrogens (tertiary/aromatic N) is 1. The smallest absolute Gasteiger partial charge is 0.256 e. The molecule has 4 nitrogen and oxygen atoms in total. The van der Waals surface area contributed by atoms with Crippen molar-refractivity contribution >= 4 is 0 Å². The number of aromatic nitrogens is 2. The second kappa shape index (κ2) is 4.01. The first-order chi connectivity index (χ1) is 5.74. The SMILES string of the molecule is CCOCc1cnc(C)[nH]c1=O. The van der Waals surface area contributed by atoms with E-state index in [1.165, 1.54) is 0 Å². The van der Waals surface area contributed by atoms with Crippen LogP contribution in [0.1, 0.15) is 18.3 Å². The molecule has 1 aromatic heterocycles. The fourth-order valence-corrected chi connectivity index (χ4v) is 0.825. The Hall–Kier alpha value is -1.16. The summed E-state index contributed by atoms with van der Waals surface area (Å²) in [5.74, 6) is 0.625. The van der Waals surface area contributed by atoms with Crippen LogP contribution < -0.4 is 5.56 Å². The Morgan fingerprint density at radius 1 is 1.67 bits per heavy atom. The van der Waals surface area contributed by atoms with Crippen molar-refractivity contribution in [2.24, 2.45) is 0 Å². The summed E-state index contributed by atoms with van der Waals surface area (Å²) in [4.78, 5) is 17.7. The molecular weight excluding hydrogens is 156 g/mol. The van der Waals surface area contributed by atoms with E-state index in [4.69, 9.17) is 4.74 Å². The Labute approximate surface area is 70.6 Å². The molecule has 0 saturated heterocycles. The normalized spacial score (nSPS) is 10.2. The Morgan fingerprint density at radius 2 is 2.42 bits per heavy atom. The van der Waals surface area contributed by atoms with Gasteiger partial charge in [-0.2, -0.15) is 0 Å². The third-order valence-corrected chi connectivity index (χ3v) is 1.46. The largest absolute Gasteiger partial charge is 0.377 e. The molecule has 0 amide bonds. The highest BCUT2D eigenvalue weighted by atomic mass is 16.5. The number of aryl methyl sites for hydroxylation is 1. The van der Waals surface area contributed by atoms with Crippen molar-refractivity contribution < 1.29 is 4.74 Å². The first-order valence-corrected chi connectivity index (χ1v) is 3.86. The van der Waals surface area contributed by atoms with E-state index in [-0.39, 0.29) is 5.56 Å². The minimum Gasteiger partial charge on any atom is -0.377 e. The molecule has 0 spiro atoms. The summed E-state index contributed by atoms with van der Waals surface area (Å²) in [6.45, 7) is 4.56. The molecule has 1 rings (SSSR count). The quantitative estimate of drug-likeness (QED) is 0.719. The van der Waals surface area contributed by atoms with Crippen LogP contribution in [0.2, 0.25) is 0 Å². The van der Waals surface area contributed by atoms with Crippen LogP contribution in [0, 0.1) is 6.92 Å². The van der Waals surface area contributed by atoms with Crippen molar-refractivity contribution in [3.63, 3.8) is 0 Å². The van der Waals surface area contributed by atoms with Crippen LogP contribution in [0.3, 0.4) is 0 Å². The third kappa shape index (κ3) is 2.17. The standard InChI is InChI=1S/C8H12N2O2/c1-3-12-5-7-4-9-6(2)10-8(7)11/h4H,3,5H2,1-2H3,(H,9,10,11). The van der Waals surface area contributed by atoms with Gasteiger partial charge in [-0.25, -0.2) is 4.98 Å². The Kier molecular flexibility index (Phi) is 2.99. The van der Waals surface area contributed by atoms with Gasteiger partial charge in [-0.1, -0.05) is 0 Å². The van der Waals surface area contributed by atoms with Gasteiger partial charge in [0.05, 0.1) is 12.2 Å². The molecule has 0 atom stereocenters. The molecule has 0 aliphatic rings. The maximum Gasteiger partial charge on any atom is 0.256 e. The molecule has 0 bridgehead atoms. The Morgan fingerprint density at radius 3 is 3.00 bits per heavy atom. The maximum atomic E-state index is 11.2. The second-order valence-electron chi connectivity index (χ2n) is 2.46. The average Bonchev–Trinajstić information content (AvgIpc) is 2.03. The molecule has 0 fully saturated rings. The summed E-state index contributed by atoms with van der Waals surface area (Å²) in [6, 6.07) is 0. The summed E-state index contributed by atoms with van der Waals surface area (Å²) >= 11 is 0. The molecule has 0 saturated carbocycles. The van der Waals surface area contributed by atoms with Gasteiger partial charge in [0.2, 0.25) is 0 Å². The highest BCUT2D eigenvalue weighted by Crippen LogP contribution is 1.91. The lowest BCUT2D eigenvalue weighted by Gasteiger charge is -1.99. The van der Waals surface area contributed by atoms with E-state index < -0.39 is 0 Å². The molecular formula is C8H12N2O2. The molecule has 0 aliphatic heterocycles. The van der Waals surface area contributed by atoms with Crippen molar-refractivity contribution in [3.05, 3.63) is 27.9 Å². The fraction of sp³-hybridized carbons (Fsp3) is 0.500. The van der Waals surface area contributed by atoms with Crippen molar-refractivity contribution in [3.8, 4) is 0 Å². The van der Waals surface area contributed by atoms with E-state index in [9.17, 15) is 4.79 Å². The topological polar surface area (TPSA) is 55.0 Å². The van der Waals surface area contributed by atoms with Crippen LogP contribution in [-0.2, 0) is 11.3 Å². The van der Waals surface area contributed by atoms with E-state index in [0.29, 0.717) is 24.6 Å². The number of hydrogen-bond donors (Lipinski definition) is 1. The highest BCUT2D eigenvalue weighted by molar-refractivity contribution is 5.03. The van der Waals surface area contributed by atoms with Gasteiger partial charge in [0.15, 0.2) is 0 Å². The Balaban J connectivity index is 2.80. The highest BCUT2D eigenvalue weighted by Gasteiger charge is 1.98. The molecule has 1 heterocycles. The van der Waals surface area contributed by atoms with Gasteiger partial charge in [-0.05, 0) is 13.8 Å². The van der Waals surface area contributed by atoms with Crippen LogP contribution in [0.4, 0.5) is 0 Å². The zero-order chi connectivity index (χ0) is 8.97. The van der Waals surface area contributed by atoms with Gasteiger partial charge in [0.1, 0.15) is 5.82 Å². The predicted molar refractivity (Wildman–Crippen MR) is 44.9 cm³/mol. The van der Waals surface area contributed by atoms with E-state index in [1.807, 2.05) is 6.92 Å². The van der Waals surface area contributed by atoms with Gasteiger partial charge in [-0.15, -0.1) is 0 Å². The molecule has 66 valence electrons. The monoisotopic (exact) mass is 168 g/mol. The second-order valence-corrected chi connectivity index (χ2v) is 2.46. The first-order valence-electron chi connectivity index (χ1n) is 3.86. The lowest BCUT2D eigenvalue weighted by Crippen LogP contribution is -2.15. The minimum absolute atomic E-state index is 0.115. The number of H-pyrrole nitrogens is 1. The maximum absolute atomic E-state index is 11.2. The van der Waals surface area contributed by atoms with Gasteiger partial charge < -0.3 is 9.72 Å². The average molecular weight is 168 g/mol. The summed E-state index contributed by atoms with van der Waals surface area (Å²) < 4.78 is 5.08. The van der Waals surface area contributed by atoms with Crippen LogP contribution in [-0.4, -0.2) is 16.6 Å². The van der Waals surface area contributed by atoms with Crippen molar-refractivity contribution in [2.75, 3.05) is 6.61 Å². The van der Waals surface area contributed by atoms with E-state index in [1.54, 1.807) is 13.1 Å². The number of nitrogens with one attached hydrogen (secondary N) is 1. The first kappa shape index (κ1) is 8.93. The van der Waals surface area contributed by atoms with Crippen LogP contribution in [0.25, 0.3) is 0 Å². The van der Waals surface area contributed by atoms with Gasteiger partial charge in [-0.3, -0.25) is 4.79 Å². The number of hydrogen-bond acceptors (Lipinski definition) is 3.